The second-order valence-corrected chi connectivity index (χ2v) is 4.90. The van der Waals surface area contributed by atoms with Crippen molar-refractivity contribution >= 4 is 39.6 Å². The van der Waals surface area contributed by atoms with Crippen LogP contribution >= 0.6 is 11.6 Å². The Balaban J connectivity index is 2.57. The molecule has 0 N–H and O–H groups in total. The molecule has 0 aliphatic rings. The first-order valence-electron chi connectivity index (χ1n) is 6.74. The summed E-state index contributed by atoms with van der Waals surface area (Å²) in [5.74, 6) is 0. The van der Waals surface area contributed by atoms with Crippen LogP contribution in [-0.4, -0.2) is 19.4 Å². The number of benzene rings is 1. The molecule has 1 heterocycles. The number of carbonyl (C=O) groups excluding carboxylic acids is 1. The molecule has 0 amide bonds. The lowest BCUT2D eigenvalue weighted by Gasteiger charge is -2.21. The summed E-state index contributed by atoms with van der Waals surface area (Å²) in [6, 6.07) is 7.32. The fraction of sp³-hybridized carbons (Fsp3) is 0.250. The molecule has 0 radical (unpaired) electrons. The lowest BCUT2D eigenvalue weighted by atomic mass is 10.1. The molecule has 0 spiro atoms. The number of fused-ring (bicyclic) bond motifs is 1. The van der Waals surface area contributed by atoms with E-state index in [9.17, 15) is 9.59 Å². The fourth-order valence-corrected chi connectivity index (χ4v) is 2.38. The summed E-state index contributed by atoms with van der Waals surface area (Å²) in [7, 11) is 0. The van der Waals surface area contributed by atoms with Gasteiger partial charge in [-0.3, -0.25) is 4.79 Å². The van der Waals surface area contributed by atoms with Gasteiger partial charge in [0.2, 0.25) is 0 Å². The Kier molecular flexibility index (Phi) is 4.81. The number of hydrogen-bond donors (Lipinski definition) is 0. The normalized spacial score (nSPS) is 11.7. The summed E-state index contributed by atoms with van der Waals surface area (Å²) in [6.07, 6.45) is 1.67. The van der Waals surface area contributed by atoms with Crippen molar-refractivity contribution in [3.8, 4) is 0 Å². The lowest BCUT2D eigenvalue weighted by Crippen LogP contribution is -2.21. The largest absolute Gasteiger partial charge is 0.422 e. The smallest absolute Gasteiger partial charge is 0.345 e. The van der Waals surface area contributed by atoms with Gasteiger partial charge in [0.05, 0.1) is 10.6 Å². The van der Waals surface area contributed by atoms with Gasteiger partial charge in [-0.15, -0.1) is 0 Å². The van der Waals surface area contributed by atoms with Crippen LogP contribution in [0.1, 0.15) is 19.4 Å². The number of hydrogen-bond acceptors (Lipinski definition) is 4. The van der Waals surface area contributed by atoms with E-state index < -0.39 is 5.63 Å². The third-order valence-electron chi connectivity index (χ3n) is 3.32. The minimum Gasteiger partial charge on any atom is -0.422 e. The van der Waals surface area contributed by atoms with Crippen LogP contribution in [0.25, 0.3) is 16.0 Å². The standard InChI is InChI=1S/C16H16ClNO3/c1-3-18(4-2)12-6-5-11-9-13(14(17)7-8-19)16(20)21-15(11)10-12/h5-10H,3-4H2,1-2H3. The molecule has 0 aliphatic heterocycles. The molecule has 110 valence electrons. The SMILES string of the molecule is CCN(CC)c1ccc2cc(C(Cl)=CC=O)c(=O)oc2c1. The van der Waals surface area contributed by atoms with Gasteiger partial charge >= 0.3 is 5.63 Å². The van der Waals surface area contributed by atoms with Crippen molar-refractivity contribution in [2.75, 3.05) is 18.0 Å². The van der Waals surface area contributed by atoms with Crippen molar-refractivity contribution in [2.45, 2.75) is 13.8 Å². The molecule has 2 rings (SSSR count). The van der Waals surface area contributed by atoms with Crippen LogP contribution in [0.3, 0.4) is 0 Å². The van der Waals surface area contributed by atoms with Crippen LogP contribution in [0.4, 0.5) is 5.69 Å². The summed E-state index contributed by atoms with van der Waals surface area (Å²) in [6.45, 7) is 5.88. The van der Waals surface area contributed by atoms with Gasteiger partial charge in [0, 0.05) is 30.2 Å². The molecule has 5 heteroatoms. The molecule has 0 bridgehead atoms. The molecular formula is C16H16ClNO3. The number of allylic oxidation sites excluding steroid dienone is 1. The molecule has 0 saturated heterocycles. The van der Waals surface area contributed by atoms with Crippen LogP contribution in [0.2, 0.25) is 0 Å². The van der Waals surface area contributed by atoms with E-state index in [2.05, 4.69) is 18.7 Å². The van der Waals surface area contributed by atoms with Crippen molar-refractivity contribution in [3.05, 3.63) is 46.3 Å². The van der Waals surface area contributed by atoms with E-state index in [4.69, 9.17) is 16.0 Å². The van der Waals surface area contributed by atoms with Crippen molar-refractivity contribution in [3.63, 3.8) is 0 Å². The van der Waals surface area contributed by atoms with Gasteiger partial charge in [-0.05, 0) is 38.1 Å². The van der Waals surface area contributed by atoms with E-state index in [0.29, 0.717) is 11.9 Å². The van der Waals surface area contributed by atoms with Gasteiger partial charge in [0.1, 0.15) is 11.9 Å². The van der Waals surface area contributed by atoms with E-state index in [1.165, 1.54) is 0 Å². The predicted molar refractivity (Wildman–Crippen MR) is 85.9 cm³/mol. The highest BCUT2D eigenvalue weighted by atomic mass is 35.5. The van der Waals surface area contributed by atoms with Gasteiger partial charge in [0.25, 0.3) is 0 Å². The molecule has 0 fully saturated rings. The number of halogens is 1. The quantitative estimate of drug-likeness (QED) is 0.482. The molecule has 0 unspecified atom stereocenters. The molecule has 0 aliphatic carbocycles. The van der Waals surface area contributed by atoms with Crippen molar-refractivity contribution < 1.29 is 9.21 Å². The van der Waals surface area contributed by atoms with Crippen LogP contribution in [0.5, 0.6) is 0 Å². The minimum absolute atomic E-state index is 0.0773. The number of nitrogens with zero attached hydrogens (tertiary/aromatic N) is 1. The zero-order valence-corrected chi connectivity index (χ0v) is 12.7. The van der Waals surface area contributed by atoms with Crippen LogP contribution in [-0.2, 0) is 4.79 Å². The first-order valence-corrected chi connectivity index (χ1v) is 7.12. The summed E-state index contributed by atoms with van der Waals surface area (Å²) in [5, 5.41) is 0.839. The van der Waals surface area contributed by atoms with Gasteiger partial charge in [-0.1, -0.05) is 11.6 Å². The highest BCUT2D eigenvalue weighted by Gasteiger charge is 2.10. The van der Waals surface area contributed by atoms with Gasteiger partial charge in [-0.2, -0.15) is 0 Å². The molecular weight excluding hydrogens is 290 g/mol. The molecule has 0 saturated carbocycles. The highest BCUT2D eigenvalue weighted by molar-refractivity contribution is 6.49. The minimum atomic E-state index is -0.553. The average Bonchev–Trinajstić information content (AvgIpc) is 2.48. The molecule has 21 heavy (non-hydrogen) atoms. The highest BCUT2D eigenvalue weighted by Crippen LogP contribution is 2.24. The second kappa shape index (κ2) is 6.59. The number of anilines is 1. The first kappa shape index (κ1) is 15.3. The molecule has 4 nitrogen and oxygen atoms in total. The Labute approximate surface area is 127 Å². The maximum atomic E-state index is 11.9. The average molecular weight is 306 g/mol. The Morgan fingerprint density at radius 3 is 2.62 bits per heavy atom. The zero-order valence-electron chi connectivity index (χ0n) is 11.9. The van der Waals surface area contributed by atoms with Gasteiger partial charge < -0.3 is 9.32 Å². The molecule has 1 aromatic carbocycles. The molecule has 2 aromatic rings. The maximum absolute atomic E-state index is 11.9. The number of rotatable bonds is 5. The zero-order chi connectivity index (χ0) is 15.4. The fourth-order valence-electron chi connectivity index (χ4n) is 2.20. The van der Waals surface area contributed by atoms with Crippen molar-refractivity contribution in [1.29, 1.82) is 0 Å². The Hall–Kier alpha value is -2.07. The van der Waals surface area contributed by atoms with E-state index in [1.807, 2.05) is 18.2 Å². The predicted octanol–water partition coefficient (Wildman–Crippen LogP) is 3.42. The molecule has 1 aromatic heterocycles. The monoisotopic (exact) mass is 305 g/mol. The van der Waals surface area contributed by atoms with Gasteiger partial charge in [-0.25, -0.2) is 4.79 Å². The van der Waals surface area contributed by atoms with Crippen LogP contribution in [0, 0.1) is 0 Å². The topological polar surface area (TPSA) is 50.5 Å². The summed E-state index contributed by atoms with van der Waals surface area (Å²) in [4.78, 5) is 24.6. The second-order valence-electron chi connectivity index (χ2n) is 4.49. The van der Waals surface area contributed by atoms with Crippen LogP contribution in [0.15, 0.2) is 39.6 Å². The van der Waals surface area contributed by atoms with Crippen molar-refractivity contribution in [2.24, 2.45) is 0 Å². The Morgan fingerprint density at radius 1 is 1.29 bits per heavy atom. The van der Waals surface area contributed by atoms with E-state index in [-0.39, 0.29) is 10.6 Å². The lowest BCUT2D eigenvalue weighted by molar-refractivity contribution is -0.104. The van der Waals surface area contributed by atoms with Gasteiger partial charge in [0.15, 0.2) is 0 Å². The van der Waals surface area contributed by atoms with Crippen LogP contribution < -0.4 is 10.5 Å². The third-order valence-corrected chi connectivity index (χ3v) is 3.65. The van der Waals surface area contributed by atoms with Crippen molar-refractivity contribution in [1.82, 2.24) is 0 Å². The summed E-state index contributed by atoms with van der Waals surface area (Å²) in [5.41, 5.74) is 1.14. The van der Waals surface area contributed by atoms with E-state index in [0.717, 1.165) is 30.2 Å². The number of aldehydes is 1. The first-order chi connectivity index (χ1) is 10.1. The summed E-state index contributed by atoms with van der Waals surface area (Å²) < 4.78 is 5.32. The van der Waals surface area contributed by atoms with E-state index in [1.54, 1.807) is 6.07 Å². The Morgan fingerprint density at radius 2 is 2.00 bits per heavy atom. The molecule has 0 atom stereocenters. The van der Waals surface area contributed by atoms with E-state index >= 15 is 0 Å². The Bertz CT molecular complexity index is 745. The third kappa shape index (κ3) is 3.16. The summed E-state index contributed by atoms with van der Waals surface area (Å²) >= 11 is 5.90. The maximum Gasteiger partial charge on any atom is 0.345 e. The number of carbonyl (C=O) groups is 1.